The number of benzene rings is 2. The molecule has 0 bridgehead atoms. The van der Waals surface area contributed by atoms with Gasteiger partial charge < -0.3 is 10.6 Å². The highest BCUT2D eigenvalue weighted by Crippen LogP contribution is 2.37. The lowest BCUT2D eigenvalue weighted by atomic mass is 9.95. The minimum atomic E-state index is -0.186. The lowest BCUT2D eigenvalue weighted by Crippen LogP contribution is -2.39. The van der Waals surface area contributed by atoms with E-state index in [0.29, 0.717) is 0 Å². The van der Waals surface area contributed by atoms with Crippen molar-refractivity contribution in [2.24, 2.45) is 5.73 Å². The van der Waals surface area contributed by atoms with Gasteiger partial charge >= 0.3 is 0 Å². The van der Waals surface area contributed by atoms with Gasteiger partial charge in [0.15, 0.2) is 0 Å². The van der Waals surface area contributed by atoms with E-state index in [2.05, 4.69) is 24.0 Å². The van der Waals surface area contributed by atoms with Gasteiger partial charge in [0.25, 0.3) is 0 Å². The molecule has 2 aromatic carbocycles. The number of hydrogen-bond acceptors (Lipinski definition) is 2. The van der Waals surface area contributed by atoms with Crippen LogP contribution in [-0.2, 0) is 6.42 Å². The SMILES string of the molecule is Cc1ccccc1C(C(C)N)N1CCc2ccc(F)cc21. The van der Waals surface area contributed by atoms with Gasteiger partial charge in [-0.15, -0.1) is 0 Å². The van der Waals surface area contributed by atoms with E-state index < -0.39 is 0 Å². The fourth-order valence-corrected chi connectivity index (χ4v) is 3.32. The Hall–Kier alpha value is -1.87. The molecule has 3 heteroatoms. The molecule has 2 N–H and O–H groups in total. The first-order valence-electron chi connectivity index (χ1n) is 7.44. The van der Waals surface area contributed by atoms with Crippen LogP contribution in [0.2, 0.25) is 0 Å². The molecule has 21 heavy (non-hydrogen) atoms. The van der Waals surface area contributed by atoms with Gasteiger partial charge in [0.1, 0.15) is 5.82 Å². The lowest BCUT2D eigenvalue weighted by Gasteiger charge is -2.34. The molecule has 3 rings (SSSR count). The van der Waals surface area contributed by atoms with Gasteiger partial charge in [-0.05, 0) is 49.1 Å². The van der Waals surface area contributed by atoms with Gasteiger partial charge in [0, 0.05) is 18.3 Å². The third-order valence-electron chi connectivity index (χ3n) is 4.32. The fraction of sp³-hybridized carbons (Fsp3) is 0.333. The quantitative estimate of drug-likeness (QED) is 0.933. The molecule has 1 aliphatic rings. The van der Waals surface area contributed by atoms with Crippen LogP contribution in [0.15, 0.2) is 42.5 Å². The normalized spacial score (nSPS) is 16.7. The number of hydrogen-bond donors (Lipinski definition) is 1. The molecule has 0 radical (unpaired) electrons. The first-order chi connectivity index (χ1) is 10.1. The van der Waals surface area contributed by atoms with Crippen LogP contribution in [0.5, 0.6) is 0 Å². The summed E-state index contributed by atoms with van der Waals surface area (Å²) in [4.78, 5) is 2.26. The third-order valence-corrected chi connectivity index (χ3v) is 4.32. The summed E-state index contributed by atoms with van der Waals surface area (Å²) in [6.07, 6.45) is 0.949. The maximum absolute atomic E-state index is 13.6. The van der Waals surface area contributed by atoms with Crippen molar-refractivity contribution in [2.75, 3.05) is 11.4 Å². The maximum atomic E-state index is 13.6. The number of fused-ring (bicyclic) bond motifs is 1. The van der Waals surface area contributed by atoms with Crippen LogP contribution in [0, 0.1) is 12.7 Å². The topological polar surface area (TPSA) is 29.3 Å². The second kappa shape index (κ2) is 5.49. The highest BCUT2D eigenvalue weighted by atomic mass is 19.1. The zero-order chi connectivity index (χ0) is 15.0. The summed E-state index contributed by atoms with van der Waals surface area (Å²) in [7, 11) is 0. The van der Waals surface area contributed by atoms with Crippen molar-refractivity contribution in [3.05, 3.63) is 65.0 Å². The molecule has 2 unspecified atom stereocenters. The molecule has 0 fully saturated rings. The number of nitrogens with zero attached hydrogens (tertiary/aromatic N) is 1. The van der Waals surface area contributed by atoms with E-state index in [0.717, 1.165) is 18.7 Å². The molecule has 2 nitrogen and oxygen atoms in total. The molecule has 2 aromatic rings. The number of halogens is 1. The minimum Gasteiger partial charge on any atom is -0.362 e. The molecule has 1 heterocycles. The van der Waals surface area contributed by atoms with Gasteiger partial charge in [-0.3, -0.25) is 0 Å². The monoisotopic (exact) mass is 284 g/mol. The van der Waals surface area contributed by atoms with E-state index in [1.54, 1.807) is 6.07 Å². The highest BCUT2D eigenvalue weighted by molar-refractivity contribution is 5.60. The Morgan fingerprint density at radius 2 is 1.95 bits per heavy atom. The van der Waals surface area contributed by atoms with Crippen molar-refractivity contribution in [3.63, 3.8) is 0 Å². The molecule has 1 aliphatic heterocycles. The van der Waals surface area contributed by atoms with Crippen LogP contribution in [0.3, 0.4) is 0 Å². The van der Waals surface area contributed by atoms with E-state index >= 15 is 0 Å². The molecule has 0 aromatic heterocycles. The summed E-state index contributed by atoms with van der Waals surface area (Å²) >= 11 is 0. The zero-order valence-corrected chi connectivity index (χ0v) is 12.5. The molecule has 0 aliphatic carbocycles. The number of rotatable bonds is 3. The van der Waals surface area contributed by atoms with Crippen molar-refractivity contribution in [2.45, 2.75) is 32.4 Å². The van der Waals surface area contributed by atoms with Gasteiger partial charge in [0.05, 0.1) is 6.04 Å². The average Bonchev–Trinajstić information content (AvgIpc) is 2.84. The molecular weight excluding hydrogens is 263 g/mol. The predicted molar refractivity (Wildman–Crippen MR) is 85.0 cm³/mol. The Morgan fingerprint density at radius 1 is 1.19 bits per heavy atom. The van der Waals surface area contributed by atoms with E-state index in [1.807, 2.05) is 25.1 Å². The van der Waals surface area contributed by atoms with Crippen molar-refractivity contribution in [1.82, 2.24) is 0 Å². The first-order valence-corrected chi connectivity index (χ1v) is 7.44. The third kappa shape index (κ3) is 2.54. The largest absolute Gasteiger partial charge is 0.362 e. The number of anilines is 1. The van der Waals surface area contributed by atoms with E-state index in [4.69, 9.17) is 5.73 Å². The molecule has 110 valence electrons. The smallest absolute Gasteiger partial charge is 0.125 e. The van der Waals surface area contributed by atoms with Crippen molar-refractivity contribution in [1.29, 1.82) is 0 Å². The van der Waals surface area contributed by atoms with E-state index in [-0.39, 0.29) is 17.9 Å². The second-order valence-corrected chi connectivity index (χ2v) is 5.88. The van der Waals surface area contributed by atoms with Crippen LogP contribution in [0.25, 0.3) is 0 Å². The van der Waals surface area contributed by atoms with Gasteiger partial charge in [-0.1, -0.05) is 30.3 Å². The Labute approximate surface area is 125 Å². The van der Waals surface area contributed by atoms with Gasteiger partial charge in [-0.2, -0.15) is 0 Å². The molecule has 0 saturated heterocycles. The predicted octanol–water partition coefficient (Wildman–Crippen LogP) is 3.59. The van der Waals surface area contributed by atoms with Crippen LogP contribution < -0.4 is 10.6 Å². The van der Waals surface area contributed by atoms with Crippen LogP contribution in [-0.4, -0.2) is 12.6 Å². The summed E-state index contributed by atoms with van der Waals surface area (Å²) in [5.74, 6) is -0.186. The molecule has 2 atom stereocenters. The Morgan fingerprint density at radius 3 is 2.67 bits per heavy atom. The van der Waals surface area contributed by atoms with Crippen molar-refractivity contribution in [3.8, 4) is 0 Å². The first kappa shape index (κ1) is 14.1. The molecular formula is C18H21FN2. The van der Waals surface area contributed by atoms with Crippen LogP contribution in [0.4, 0.5) is 10.1 Å². The van der Waals surface area contributed by atoms with E-state index in [9.17, 15) is 4.39 Å². The van der Waals surface area contributed by atoms with Crippen molar-refractivity contribution >= 4 is 5.69 Å². The standard InChI is InChI=1S/C18H21FN2/c1-12-5-3-4-6-16(12)18(13(2)20)21-10-9-14-7-8-15(19)11-17(14)21/h3-8,11,13,18H,9-10,20H2,1-2H3. The molecule has 0 spiro atoms. The van der Waals surface area contributed by atoms with Crippen LogP contribution in [0.1, 0.15) is 29.7 Å². The molecule has 0 saturated carbocycles. The second-order valence-electron chi connectivity index (χ2n) is 5.88. The Balaban J connectivity index is 2.05. The molecule has 0 amide bonds. The zero-order valence-electron chi connectivity index (χ0n) is 12.5. The minimum absolute atomic E-state index is 0.0275. The fourth-order valence-electron chi connectivity index (χ4n) is 3.32. The summed E-state index contributed by atoms with van der Waals surface area (Å²) in [5.41, 5.74) is 10.9. The van der Waals surface area contributed by atoms with E-state index in [1.165, 1.54) is 22.8 Å². The Kier molecular flexibility index (Phi) is 3.68. The highest BCUT2D eigenvalue weighted by Gasteiger charge is 2.30. The summed E-state index contributed by atoms with van der Waals surface area (Å²) in [6.45, 7) is 5.01. The number of aryl methyl sites for hydroxylation is 1. The Bertz CT molecular complexity index is 651. The number of nitrogens with two attached hydrogens (primary N) is 1. The maximum Gasteiger partial charge on any atom is 0.125 e. The average molecular weight is 284 g/mol. The van der Waals surface area contributed by atoms with Crippen LogP contribution >= 0.6 is 0 Å². The van der Waals surface area contributed by atoms with Gasteiger partial charge in [-0.25, -0.2) is 4.39 Å². The summed E-state index contributed by atoms with van der Waals surface area (Å²) < 4.78 is 13.6. The van der Waals surface area contributed by atoms with Crippen molar-refractivity contribution < 1.29 is 4.39 Å². The van der Waals surface area contributed by atoms with Gasteiger partial charge in [0.2, 0.25) is 0 Å². The summed E-state index contributed by atoms with van der Waals surface area (Å²) in [6, 6.07) is 13.4. The lowest BCUT2D eigenvalue weighted by molar-refractivity contribution is 0.538. The summed E-state index contributed by atoms with van der Waals surface area (Å²) in [5, 5.41) is 0.